The lowest BCUT2D eigenvalue weighted by atomic mass is 10.1. The van der Waals surface area contributed by atoms with Gasteiger partial charge in [-0.2, -0.15) is 0 Å². The summed E-state index contributed by atoms with van der Waals surface area (Å²) in [6.07, 6.45) is 4.65. The van der Waals surface area contributed by atoms with Gasteiger partial charge in [0.15, 0.2) is 0 Å². The highest BCUT2D eigenvalue weighted by atomic mass is 16.5. The maximum absolute atomic E-state index is 11.9. The zero-order valence-corrected chi connectivity index (χ0v) is 13.1. The first-order chi connectivity index (χ1) is 11.8. The lowest BCUT2D eigenvalue weighted by Crippen LogP contribution is -2.40. The molecule has 1 aliphatic rings. The number of nitrogens with one attached hydrogen (secondary N) is 2. The number of hydrogen-bond acceptors (Lipinski definition) is 3. The van der Waals surface area contributed by atoms with E-state index in [9.17, 15) is 4.79 Å². The van der Waals surface area contributed by atoms with E-state index in [1.807, 2.05) is 53.2 Å². The van der Waals surface area contributed by atoms with E-state index >= 15 is 0 Å². The SMILES string of the molecule is O=C(NCc1cn2ccccc2n1)NCC1Cc2ccccc2O1. The van der Waals surface area contributed by atoms with Gasteiger partial charge in [-0.1, -0.05) is 24.3 Å². The Labute approximate surface area is 139 Å². The van der Waals surface area contributed by atoms with Crippen LogP contribution >= 0.6 is 0 Å². The molecule has 2 aromatic heterocycles. The molecule has 1 atom stereocenters. The van der Waals surface area contributed by atoms with E-state index in [2.05, 4.69) is 21.7 Å². The maximum atomic E-state index is 11.9. The number of carbonyl (C=O) groups excluding carboxylic acids is 1. The molecule has 1 unspecified atom stereocenters. The van der Waals surface area contributed by atoms with Gasteiger partial charge in [-0.25, -0.2) is 9.78 Å². The van der Waals surface area contributed by atoms with Crippen LogP contribution in [-0.4, -0.2) is 28.1 Å². The van der Waals surface area contributed by atoms with Crippen molar-refractivity contribution in [1.82, 2.24) is 20.0 Å². The first-order valence-electron chi connectivity index (χ1n) is 7.97. The van der Waals surface area contributed by atoms with Crippen molar-refractivity contribution in [3.63, 3.8) is 0 Å². The Bertz CT molecular complexity index is 816. The van der Waals surface area contributed by atoms with Crippen molar-refractivity contribution in [3.05, 3.63) is 66.1 Å². The summed E-state index contributed by atoms with van der Waals surface area (Å²) in [6, 6.07) is 13.6. The van der Waals surface area contributed by atoms with Crippen LogP contribution in [0, 0.1) is 0 Å². The van der Waals surface area contributed by atoms with Crippen molar-refractivity contribution < 1.29 is 9.53 Å². The maximum Gasteiger partial charge on any atom is 0.315 e. The molecule has 0 bridgehead atoms. The number of fused-ring (bicyclic) bond motifs is 2. The molecule has 0 aliphatic carbocycles. The van der Waals surface area contributed by atoms with Crippen LogP contribution in [0.3, 0.4) is 0 Å². The van der Waals surface area contributed by atoms with Gasteiger partial charge in [-0.3, -0.25) is 0 Å². The molecule has 0 saturated heterocycles. The van der Waals surface area contributed by atoms with E-state index in [0.29, 0.717) is 13.1 Å². The number of ether oxygens (including phenoxy) is 1. The van der Waals surface area contributed by atoms with Crippen molar-refractivity contribution in [1.29, 1.82) is 0 Å². The van der Waals surface area contributed by atoms with E-state index in [1.165, 1.54) is 5.56 Å². The minimum absolute atomic E-state index is 0.0108. The van der Waals surface area contributed by atoms with Crippen LogP contribution in [0.25, 0.3) is 5.65 Å². The number of pyridine rings is 1. The number of imidazole rings is 1. The number of para-hydroxylation sites is 1. The van der Waals surface area contributed by atoms with E-state index in [0.717, 1.165) is 23.5 Å². The van der Waals surface area contributed by atoms with Crippen LogP contribution in [-0.2, 0) is 13.0 Å². The van der Waals surface area contributed by atoms with Crippen molar-refractivity contribution >= 4 is 11.7 Å². The monoisotopic (exact) mass is 322 g/mol. The number of benzene rings is 1. The molecule has 1 aromatic carbocycles. The topological polar surface area (TPSA) is 67.7 Å². The molecule has 24 heavy (non-hydrogen) atoms. The zero-order valence-electron chi connectivity index (χ0n) is 13.1. The van der Waals surface area contributed by atoms with Gasteiger partial charge in [0.05, 0.1) is 18.8 Å². The molecule has 3 heterocycles. The van der Waals surface area contributed by atoms with Crippen LogP contribution in [0.4, 0.5) is 4.79 Å². The highest BCUT2D eigenvalue weighted by Crippen LogP contribution is 2.27. The lowest BCUT2D eigenvalue weighted by molar-refractivity contribution is 0.213. The Morgan fingerprint density at radius 2 is 2.08 bits per heavy atom. The molecule has 0 spiro atoms. The predicted molar refractivity (Wildman–Crippen MR) is 90.0 cm³/mol. The first kappa shape index (κ1) is 14.6. The quantitative estimate of drug-likeness (QED) is 0.773. The fourth-order valence-electron chi connectivity index (χ4n) is 2.88. The molecule has 0 saturated carbocycles. The fourth-order valence-corrected chi connectivity index (χ4v) is 2.88. The third-order valence-electron chi connectivity index (χ3n) is 4.05. The second kappa shape index (κ2) is 6.23. The van der Waals surface area contributed by atoms with Gasteiger partial charge in [-0.15, -0.1) is 0 Å². The Balaban J connectivity index is 1.25. The van der Waals surface area contributed by atoms with E-state index in [4.69, 9.17) is 4.74 Å². The summed E-state index contributed by atoms with van der Waals surface area (Å²) in [4.78, 5) is 16.4. The number of hydrogen-bond donors (Lipinski definition) is 2. The van der Waals surface area contributed by atoms with Gasteiger partial charge in [0.2, 0.25) is 0 Å². The molecular weight excluding hydrogens is 304 g/mol. The summed E-state index contributed by atoms with van der Waals surface area (Å²) >= 11 is 0. The van der Waals surface area contributed by atoms with Crippen molar-refractivity contribution in [2.24, 2.45) is 0 Å². The van der Waals surface area contributed by atoms with Gasteiger partial charge in [0.25, 0.3) is 0 Å². The predicted octanol–water partition coefficient (Wildman–Crippen LogP) is 2.14. The van der Waals surface area contributed by atoms with Gasteiger partial charge >= 0.3 is 6.03 Å². The standard InChI is InChI=1S/C18H18N4O2/c23-18(19-10-14-12-22-8-4-3-7-17(22)21-14)20-11-15-9-13-5-1-2-6-16(13)24-15/h1-8,12,15H,9-11H2,(H2,19,20,23). The van der Waals surface area contributed by atoms with Crippen molar-refractivity contribution in [3.8, 4) is 5.75 Å². The third kappa shape index (κ3) is 3.03. The average molecular weight is 322 g/mol. The summed E-state index contributed by atoms with van der Waals surface area (Å²) in [5.74, 6) is 0.911. The first-order valence-corrected chi connectivity index (χ1v) is 7.97. The van der Waals surface area contributed by atoms with Crippen LogP contribution in [0.15, 0.2) is 54.9 Å². The Kier molecular flexibility index (Phi) is 3.78. The minimum Gasteiger partial charge on any atom is -0.488 e. The van der Waals surface area contributed by atoms with E-state index < -0.39 is 0 Å². The Morgan fingerprint density at radius 1 is 1.21 bits per heavy atom. The molecule has 4 rings (SSSR count). The van der Waals surface area contributed by atoms with E-state index in [-0.39, 0.29) is 12.1 Å². The summed E-state index contributed by atoms with van der Waals surface area (Å²) in [5, 5.41) is 5.68. The second-order valence-electron chi connectivity index (χ2n) is 5.81. The van der Waals surface area contributed by atoms with Gasteiger partial charge in [-0.05, 0) is 23.8 Å². The van der Waals surface area contributed by atoms with Crippen molar-refractivity contribution in [2.75, 3.05) is 6.54 Å². The number of nitrogens with zero attached hydrogens (tertiary/aromatic N) is 2. The molecule has 6 nitrogen and oxygen atoms in total. The lowest BCUT2D eigenvalue weighted by Gasteiger charge is -2.12. The summed E-state index contributed by atoms with van der Waals surface area (Å²) in [7, 11) is 0. The molecule has 3 aromatic rings. The fraction of sp³-hybridized carbons (Fsp3) is 0.222. The highest BCUT2D eigenvalue weighted by Gasteiger charge is 2.22. The third-order valence-corrected chi connectivity index (χ3v) is 4.05. The van der Waals surface area contributed by atoms with Gasteiger partial charge in [0.1, 0.15) is 17.5 Å². The zero-order chi connectivity index (χ0) is 16.4. The molecule has 1 aliphatic heterocycles. The minimum atomic E-state index is -0.216. The Hall–Kier alpha value is -3.02. The number of carbonyl (C=O) groups is 1. The average Bonchev–Trinajstić information content (AvgIpc) is 3.21. The number of urea groups is 1. The van der Waals surface area contributed by atoms with Crippen LogP contribution < -0.4 is 15.4 Å². The second-order valence-corrected chi connectivity index (χ2v) is 5.81. The molecule has 0 fully saturated rings. The number of rotatable bonds is 4. The summed E-state index contributed by atoms with van der Waals surface area (Å²) in [5.41, 5.74) is 2.88. The molecule has 2 N–H and O–H groups in total. The van der Waals surface area contributed by atoms with Gasteiger partial charge < -0.3 is 19.8 Å². The number of amides is 2. The smallest absolute Gasteiger partial charge is 0.315 e. The molecule has 6 heteroatoms. The largest absolute Gasteiger partial charge is 0.488 e. The normalized spacial score (nSPS) is 15.8. The van der Waals surface area contributed by atoms with Crippen LogP contribution in [0.2, 0.25) is 0 Å². The van der Waals surface area contributed by atoms with Crippen LogP contribution in [0.1, 0.15) is 11.3 Å². The molecule has 0 radical (unpaired) electrons. The highest BCUT2D eigenvalue weighted by molar-refractivity contribution is 5.73. The Morgan fingerprint density at radius 3 is 2.96 bits per heavy atom. The number of aromatic nitrogens is 2. The molecule has 122 valence electrons. The molecular formula is C18H18N4O2. The van der Waals surface area contributed by atoms with Crippen molar-refractivity contribution in [2.45, 2.75) is 19.1 Å². The molecule has 2 amide bonds. The van der Waals surface area contributed by atoms with Gasteiger partial charge in [0, 0.05) is 18.8 Å². The van der Waals surface area contributed by atoms with Crippen LogP contribution in [0.5, 0.6) is 5.75 Å². The summed E-state index contributed by atoms with van der Waals surface area (Å²) < 4.78 is 7.73. The van der Waals surface area contributed by atoms with E-state index in [1.54, 1.807) is 0 Å². The summed E-state index contributed by atoms with van der Waals surface area (Å²) in [6.45, 7) is 0.866.